The van der Waals surface area contributed by atoms with E-state index in [1.165, 1.54) is 19.3 Å². The third-order valence-corrected chi connectivity index (χ3v) is 4.26. The minimum absolute atomic E-state index is 0.0676. The summed E-state index contributed by atoms with van der Waals surface area (Å²) in [7, 11) is -2.13. The molecule has 0 bridgehead atoms. The van der Waals surface area contributed by atoms with Crippen LogP contribution in [0.25, 0.3) is 0 Å². The number of aliphatic hydroxyl groups excluding tert-OH is 1. The number of anilines is 1. The second kappa shape index (κ2) is 6.67. The quantitative estimate of drug-likeness (QED) is 0.756. The maximum Gasteiger partial charge on any atom is 0.244 e. The molecule has 102 valence electrons. The van der Waals surface area contributed by atoms with Crippen LogP contribution in [0.1, 0.15) is 13.3 Å². The summed E-state index contributed by atoms with van der Waals surface area (Å²) in [4.78, 5) is 4.17. The predicted octanol–water partition coefficient (Wildman–Crippen LogP) is 0.516. The number of nitrogens with one attached hydrogen (secondary N) is 1. The van der Waals surface area contributed by atoms with Crippen LogP contribution in [-0.2, 0) is 10.0 Å². The van der Waals surface area contributed by atoms with Crippen LogP contribution in [0.15, 0.2) is 23.2 Å². The molecule has 0 fully saturated rings. The van der Waals surface area contributed by atoms with Gasteiger partial charge in [-0.1, -0.05) is 6.92 Å². The molecule has 0 aliphatic heterocycles. The van der Waals surface area contributed by atoms with Gasteiger partial charge in [-0.3, -0.25) is 0 Å². The molecule has 0 amide bonds. The van der Waals surface area contributed by atoms with Crippen LogP contribution in [0.2, 0.25) is 0 Å². The van der Waals surface area contributed by atoms with Gasteiger partial charge in [-0.05, 0) is 18.6 Å². The first-order valence-electron chi connectivity index (χ1n) is 5.79. The molecule has 1 heterocycles. The van der Waals surface area contributed by atoms with Crippen molar-refractivity contribution in [1.82, 2.24) is 9.29 Å². The molecule has 0 atom stereocenters. The van der Waals surface area contributed by atoms with Gasteiger partial charge in [-0.2, -0.15) is 4.31 Å². The van der Waals surface area contributed by atoms with E-state index in [4.69, 9.17) is 5.11 Å². The highest BCUT2D eigenvalue weighted by Gasteiger charge is 2.20. The van der Waals surface area contributed by atoms with E-state index in [0.29, 0.717) is 5.82 Å². The lowest BCUT2D eigenvalue weighted by molar-refractivity contribution is 0.266. The highest BCUT2D eigenvalue weighted by molar-refractivity contribution is 7.89. The topological polar surface area (TPSA) is 82.5 Å². The van der Waals surface area contributed by atoms with E-state index in [1.807, 2.05) is 6.92 Å². The van der Waals surface area contributed by atoms with Crippen molar-refractivity contribution in [2.24, 2.45) is 0 Å². The van der Waals surface area contributed by atoms with Crippen LogP contribution in [0.4, 0.5) is 5.82 Å². The Morgan fingerprint density at radius 1 is 1.44 bits per heavy atom. The Kier molecular flexibility index (Phi) is 5.52. The Morgan fingerprint density at radius 3 is 2.67 bits per heavy atom. The lowest BCUT2D eigenvalue weighted by atomic mass is 10.4. The fraction of sp³-hybridized carbons (Fsp3) is 0.545. The van der Waals surface area contributed by atoms with Gasteiger partial charge < -0.3 is 10.4 Å². The molecule has 0 aliphatic carbocycles. The molecule has 2 N–H and O–H groups in total. The molecular formula is C11H19N3O3S. The average Bonchev–Trinajstić information content (AvgIpc) is 2.37. The van der Waals surface area contributed by atoms with E-state index < -0.39 is 10.0 Å². The smallest absolute Gasteiger partial charge is 0.244 e. The molecule has 1 rings (SSSR count). The van der Waals surface area contributed by atoms with Gasteiger partial charge in [0.25, 0.3) is 0 Å². The Hall–Kier alpha value is -1.18. The summed E-state index contributed by atoms with van der Waals surface area (Å²) in [5, 5.41) is 11.8. The maximum absolute atomic E-state index is 12.0. The average molecular weight is 273 g/mol. The summed E-state index contributed by atoms with van der Waals surface area (Å²) >= 11 is 0. The predicted molar refractivity (Wildman–Crippen MR) is 69.9 cm³/mol. The summed E-state index contributed by atoms with van der Waals surface area (Å²) < 4.78 is 25.1. The number of aromatic nitrogens is 1. The molecule has 0 spiro atoms. The molecule has 0 saturated carbocycles. The number of likely N-dealkylation sites (N-methyl/N-ethyl adjacent to an activating group) is 1. The molecule has 0 aliphatic rings. The maximum atomic E-state index is 12.0. The normalized spacial score (nSPS) is 11.8. The van der Waals surface area contributed by atoms with Crippen molar-refractivity contribution >= 4 is 15.8 Å². The van der Waals surface area contributed by atoms with E-state index in [-0.39, 0.29) is 18.0 Å². The number of sulfonamides is 1. The fourth-order valence-electron chi connectivity index (χ4n) is 1.33. The van der Waals surface area contributed by atoms with Crippen molar-refractivity contribution in [1.29, 1.82) is 0 Å². The van der Waals surface area contributed by atoms with Crippen molar-refractivity contribution in [2.75, 3.05) is 32.1 Å². The SMILES string of the molecule is CCCNc1ccc(S(=O)(=O)N(C)CCO)cn1. The molecule has 18 heavy (non-hydrogen) atoms. The van der Waals surface area contributed by atoms with Gasteiger partial charge in [-0.15, -0.1) is 0 Å². The zero-order valence-corrected chi connectivity index (χ0v) is 11.4. The van der Waals surface area contributed by atoms with Crippen LogP contribution in [0.5, 0.6) is 0 Å². The monoisotopic (exact) mass is 273 g/mol. The summed E-state index contributed by atoms with van der Waals surface area (Å²) in [5.41, 5.74) is 0. The van der Waals surface area contributed by atoms with Crippen molar-refractivity contribution in [2.45, 2.75) is 18.2 Å². The van der Waals surface area contributed by atoms with E-state index in [0.717, 1.165) is 17.3 Å². The fourth-order valence-corrected chi connectivity index (χ4v) is 2.44. The van der Waals surface area contributed by atoms with Crippen molar-refractivity contribution in [3.8, 4) is 0 Å². The highest BCUT2D eigenvalue weighted by Crippen LogP contribution is 2.14. The summed E-state index contributed by atoms with van der Waals surface area (Å²) in [6.07, 6.45) is 2.29. The van der Waals surface area contributed by atoms with Gasteiger partial charge in [-0.25, -0.2) is 13.4 Å². The van der Waals surface area contributed by atoms with Crippen LogP contribution in [0, 0.1) is 0 Å². The first kappa shape index (κ1) is 14.9. The zero-order chi connectivity index (χ0) is 13.6. The summed E-state index contributed by atoms with van der Waals surface area (Å²) in [6.45, 7) is 2.69. The van der Waals surface area contributed by atoms with Crippen molar-refractivity contribution in [3.63, 3.8) is 0 Å². The number of hydrogen-bond acceptors (Lipinski definition) is 5. The number of nitrogens with zero attached hydrogens (tertiary/aromatic N) is 2. The molecule has 1 aromatic heterocycles. The number of hydrogen-bond donors (Lipinski definition) is 2. The molecule has 0 saturated heterocycles. The lowest BCUT2D eigenvalue weighted by Crippen LogP contribution is -2.29. The largest absolute Gasteiger partial charge is 0.395 e. The Labute approximate surface area is 108 Å². The zero-order valence-electron chi connectivity index (χ0n) is 10.6. The van der Waals surface area contributed by atoms with Gasteiger partial charge in [0.15, 0.2) is 0 Å². The second-order valence-electron chi connectivity index (χ2n) is 3.86. The molecule has 1 aromatic rings. The van der Waals surface area contributed by atoms with Crippen LogP contribution in [-0.4, -0.2) is 49.6 Å². The number of pyridine rings is 1. The van der Waals surface area contributed by atoms with Gasteiger partial charge in [0.2, 0.25) is 10.0 Å². The number of aliphatic hydroxyl groups is 1. The van der Waals surface area contributed by atoms with Crippen LogP contribution >= 0.6 is 0 Å². The number of rotatable bonds is 7. The van der Waals surface area contributed by atoms with Gasteiger partial charge in [0, 0.05) is 26.3 Å². The Balaban J connectivity index is 2.84. The third kappa shape index (κ3) is 3.66. The first-order chi connectivity index (χ1) is 8.52. The molecule has 7 heteroatoms. The molecule has 0 unspecified atom stereocenters. The van der Waals surface area contributed by atoms with Crippen LogP contribution in [0.3, 0.4) is 0 Å². The molecular weight excluding hydrogens is 254 g/mol. The summed E-state index contributed by atoms with van der Waals surface area (Å²) in [6, 6.07) is 3.14. The van der Waals surface area contributed by atoms with Gasteiger partial charge >= 0.3 is 0 Å². The third-order valence-electron chi connectivity index (χ3n) is 2.42. The van der Waals surface area contributed by atoms with Crippen LogP contribution < -0.4 is 5.32 Å². The standard InChI is InChI=1S/C11H19N3O3S/c1-3-6-12-11-5-4-10(9-13-11)18(16,17)14(2)7-8-15/h4-5,9,15H,3,6-8H2,1-2H3,(H,12,13). The molecule has 0 aromatic carbocycles. The van der Waals surface area contributed by atoms with Gasteiger partial charge in [0.1, 0.15) is 10.7 Å². The lowest BCUT2D eigenvalue weighted by Gasteiger charge is -2.15. The second-order valence-corrected chi connectivity index (χ2v) is 5.90. The van der Waals surface area contributed by atoms with E-state index in [2.05, 4.69) is 10.3 Å². The van der Waals surface area contributed by atoms with Gasteiger partial charge in [0.05, 0.1) is 6.61 Å². The first-order valence-corrected chi connectivity index (χ1v) is 7.23. The minimum Gasteiger partial charge on any atom is -0.395 e. The van der Waals surface area contributed by atoms with E-state index in [1.54, 1.807) is 6.07 Å². The highest BCUT2D eigenvalue weighted by atomic mass is 32.2. The van der Waals surface area contributed by atoms with Crippen molar-refractivity contribution in [3.05, 3.63) is 18.3 Å². The van der Waals surface area contributed by atoms with Crippen molar-refractivity contribution < 1.29 is 13.5 Å². The Bertz CT molecular complexity index is 459. The molecule has 0 radical (unpaired) electrons. The molecule has 6 nitrogen and oxygen atoms in total. The van der Waals surface area contributed by atoms with E-state index in [9.17, 15) is 8.42 Å². The minimum atomic E-state index is -3.56. The van der Waals surface area contributed by atoms with E-state index >= 15 is 0 Å². The Morgan fingerprint density at radius 2 is 2.17 bits per heavy atom. The summed E-state index contributed by atoms with van der Waals surface area (Å²) in [5.74, 6) is 0.653.